The molecule has 2 saturated heterocycles. The van der Waals surface area contributed by atoms with E-state index in [-0.39, 0.29) is 42.5 Å². The van der Waals surface area contributed by atoms with Crippen LogP contribution in [0.25, 0.3) is 0 Å². The molecule has 35 heavy (non-hydrogen) atoms. The Morgan fingerprint density at radius 3 is 2.34 bits per heavy atom. The van der Waals surface area contributed by atoms with Crippen molar-refractivity contribution in [3.63, 3.8) is 0 Å². The van der Waals surface area contributed by atoms with Gasteiger partial charge in [0.2, 0.25) is 11.8 Å². The van der Waals surface area contributed by atoms with Gasteiger partial charge in [-0.15, -0.1) is 0 Å². The molecular formula is C26H39N5O4. The van der Waals surface area contributed by atoms with Gasteiger partial charge in [-0.05, 0) is 43.4 Å². The van der Waals surface area contributed by atoms with Crippen LogP contribution in [0.3, 0.4) is 0 Å². The van der Waals surface area contributed by atoms with E-state index >= 15 is 0 Å². The van der Waals surface area contributed by atoms with Gasteiger partial charge in [-0.1, -0.05) is 19.3 Å². The maximum absolute atomic E-state index is 13.5. The highest BCUT2D eigenvalue weighted by molar-refractivity contribution is 5.87. The number of urea groups is 1. The first kappa shape index (κ1) is 25.4. The summed E-state index contributed by atoms with van der Waals surface area (Å²) < 4.78 is 6.29. The predicted molar refractivity (Wildman–Crippen MR) is 131 cm³/mol. The van der Waals surface area contributed by atoms with Crippen molar-refractivity contribution in [2.24, 2.45) is 5.92 Å². The summed E-state index contributed by atoms with van der Waals surface area (Å²) >= 11 is 0. The summed E-state index contributed by atoms with van der Waals surface area (Å²) in [7, 11) is 3.49. The first-order valence-corrected chi connectivity index (χ1v) is 13.0. The Morgan fingerprint density at radius 1 is 1.00 bits per heavy atom. The molecule has 192 valence electrons. The number of aromatic nitrogens is 1. The Kier molecular flexibility index (Phi) is 8.59. The molecule has 1 aromatic heterocycles. The van der Waals surface area contributed by atoms with Crippen LogP contribution in [-0.4, -0.2) is 101 Å². The van der Waals surface area contributed by atoms with Crippen molar-refractivity contribution in [2.45, 2.75) is 63.7 Å². The molecule has 0 radical (unpaired) electrons. The van der Waals surface area contributed by atoms with Crippen molar-refractivity contribution in [2.75, 3.05) is 46.8 Å². The molecule has 4 rings (SSSR count). The van der Waals surface area contributed by atoms with Crippen LogP contribution in [0, 0.1) is 5.92 Å². The number of hydrogen-bond donors (Lipinski definition) is 0. The van der Waals surface area contributed by atoms with Gasteiger partial charge in [-0.3, -0.25) is 14.6 Å². The molecule has 9 nitrogen and oxygen atoms in total. The molecule has 0 aromatic carbocycles. The van der Waals surface area contributed by atoms with Crippen LogP contribution in [0.15, 0.2) is 24.5 Å². The molecular weight excluding hydrogens is 446 g/mol. The fraction of sp³-hybridized carbons (Fsp3) is 0.692. The molecule has 9 heteroatoms. The van der Waals surface area contributed by atoms with E-state index in [9.17, 15) is 14.4 Å². The number of amides is 4. The second kappa shape index (κ2) is 11.8. The Bertz CT molecular complexity index is 866. The maximum atomic E-state index is 13.5. The van der Waals surface area contributed by atoms with E-state index < -0.39 is 0 Å². The Labute approximate surface area is 208 Å². The minimum atomic E-state index is -0.240. The number of pyridine rings is 1. The van der Waals surface area contributed by atoms with E-state index in [1.807, 2.05) is 17.0 Å². The second-order valence-corrected chi connectivity index (χ2v) is 10.3. The van der Waals surface area contributed by atoms with E-state index in [0.717, 1.165) is 31.2 Å². The quantitative estimate of drug-likeness (QED) is 0.639. The van der Waals surface area contributed by atoms with Crippen LogP contribution < -0.4 is 0 Å². The SMILES string of the molecule is CN(C)C(=O)N1CCC(C(=O)N2CC(=O)N(C3CCCCC3)C[C@@H](OCc3ccncc3)C2)CC1. The van der Waals surface area contributed by atoms with Gasteiger partial charge in [0.1, 0.15) is 0 Å². The molecule has 0 unspecified atom stereocenters. The Morgan fingerprint density at radius 2 is 1.69 bits per heavy atom. The van der Waals surface area contributed by atoms with Gasteiger partial charge in [-0.25, -0.2) is 4.79 Å². The predicted octanol–water partition coefficient (Wildman–Crippen LogP) is 2.36. The standard InChI is InChI=1S/C26H39N5O4/c1-28(2)26(34)29-14-10-21(11-15-29)25(33)30-16-23(35-19-20-8-12-27-13-9-20)17-31(24(32)18-30)22-6-4-3-5-7-22/h8-9,12-13,21-23H,3-7,10-11,14-19H2,1-2H3/t23-/m0/s1. The molecule has 0 spiro atoms. The summed E-state index contributed by atoms with van der Waals surface area (Å²) in [5.74, 6) is -0.130. The van der Waals surface area contributed by atoms with Crippen molar-refractivity contribution in [3.8, 4) is 0 Å². The Hall–Kier alpha value is -2.68. The molecule has 1 atom stereocenters. The van der Waals surface area contributed by atoms with Gasteiger partial charge in [0, 0.05) is 64.6 Å². The average Bonchev–Trinajstić information content (AvgIpc) is 3.06. The molecule has 3 fully saturated rings. The third-order valence-corrected chi connectivity index (χ3v) is 7.53. The van der Waals surface area contributed by atoms with E-state index in [1.54, 1.807) is 41.2 Å². The van der Waals surface area contributed by atoms with E-state index in [1.165, 1.54) is 6.42 Å². The number of nitrogens with zero attached hydrogens (tertiary/aromatic N) is 5. The number of ether oxygens (including phenoxy) is 1. The fourth-order valence-electron chi connectivity index (χ4n) is 5.51. The minimum Gasteiger partial charge on any atom is -0.370 e. The lowest BCUT2D eigenvalue weighted by atomic mass is 9.94. The number of rotatable bonds is 5. The highest BCUT2D eigenvalue weighted by Gasteiger charge is 2.38. The van der Waals surface area contributed by atoms with Crippen LogP contribution in [0.1, 0.15) is 50.5 Å². The molecule has 0 bridgehead atoms. The van der Waals surface area contributed by atoms with Gasteiger partial charge < -0.3 is 24.3 Å². The van der Waals surface area contributed by atoms with Gasteiger partial charge >= 0.3 is 6.03 Å². The summed E-state index contributed by atoms with van der Waals surface area (Å²) in [4.78, 5) is 50.3. The topological polar surface area (TPSA) is 86.3 Å². The summed E-state index contributed by atoms with van der Waals surface area (Å²) in [6.07, 6.45) is 10.0. The summed E-state index contributed by atoms with van der Waals surface area (Å²) in [6.45, 7) is 2.59. The third-order valence-electron chi connectivity index (χ3n) is 7.53. The number of piperidine rings is 1. The lowest BCUT2D eigenvalue weighted by Gasteiger charge is -2.35. The zero-order chi connectivity index (χ0) is 24.8. The minimum absolute atomic E-state index is 0.0123. The summed E-state index contributed by atoms with van der Waals surface area (Å²) in [5.41, 5.74) is 1.02. The second-order valence-electron chi connectivity index (χ2n) is 10.3. The number of likely N-dealkylation sites (tertiary alicyclic amines) is 1. The van der Waals surface area contributed by atoms with Crippen molar-refractivity contribution >= 4 is 17.8 Å². The summed E-state index contributed by atoms with van der Waals surface area (Å²) in [5, 5.41) is 0. The van der Waals surface area contributed by atoms with Crippen LogP contribution in [-0.2, 0) is 20.9 Å². The molecule has 0 N–H and O–H groups in total. The zero-order valence-corrected chi connectivity index (χ0v) is 21.1. The normalized spacial score (nSPS) is 22.7. The van der Waals surface area contributed by atoms with Crippen LogP contribution >= 0.6 is 0 Å². The molecule has 1 aliphatic carbocycles. The maximum Gasteiger partial charge on any atom is 0.319 e. The van der Waals surface area contributed by atoms with E-state index in [0.29, 0.717) is 45.6 Å². The lowest BCUT2D eigenvalue weighted by Crippen LogP contribution is -2.49. The largest absolute Gasteiger partial charge is 0.370 e. The molecule has 1 aromatic rings. The van der Waals surface area contributed by atoms with E-state index in [2.05, 4.69) is 4.98 Å². The smallest absolute Gasteiger partial charge is 0.319 e. The highest BCUT2D eigenvalue weighted by atomic mass is 16.5. The Balaban J connectivity index is 1.43. The van der Waals surface area contributed by atoms with Gasteiger partial charge in [0.05, 0.1) is 19.3 Å². The van der Waals surface area contributed by atoms with Crippen molar-refractivity contribution in [1.82, 2.24) is 24.6 Å². The number of carbonyl (C=O) groups excluding carboxylic acids is 3. The fourth-order valence-corrected chi connectivity index (χ4v) is 5.51. The van der Waals surface area contributed by atoms with Gasteiger partial charge in [0.25, 0.3) is 0 Å². The van der Waals surface area contributed by atoms with Crippen molar-refractivity contribution < 1.29 is 19.1 Å². The lowest BCUT2D eigenvalue weighted by molar-refractivity contribution is -0.143. The monoisotopic (exact) mass is 485 g/mol. The zero-order valence-electron chi connectivity index (χ0n) is 21.1. The van der Waals surface area contributed by atoms with Crippen molar-refractivity contribution in [3.05, 3.63) is 30.1 Å². The highest BCUT2D eigenvalue weighted by Crippen LogP contribution is 2.26. The molecule has 3 heterocycles. The van der Waals surface area contributed by atoms with Crippen LogP contribution in [0.2, 0.25) is 0 Å². The number of hydrogen-bond acceptors (Lipinski definition) is 5. The van der Waals surface area contributed by atoms with Gasteiger partial charge in [0.15, 0.2) is 0 Å². The van der Waals surface area contributed by atoms with Crippen LogP contribution in [0.5, 0.6) is 0 Å². The van der Waals surface area contributed by atoms with Crippen molar-refractivity contribution in [1.29, 1.82) is 0 Å². The molecule has 4 amide bonds. The number of carbonyl (C=O) groups is 3. The average molecular weight is 486 g/mol. The molecule has 1 saturated carbocycles. The molecule has 2 aliphatic heterocycles. The third kappa shape index (κ3) is 6.51. The van der Waals surface area contributed by atoms with Crippen LogP contribution in [0.4, 0.5) is 4.79 Å². The first-order valence-electron chi connectivity index (χ1n) is 13.0. The van der Waals surface area contributed by atoms with Gasteiger partial charge in [-0.2, -0.15) is 0 Å². The molecule has 3 aliphatic rings. The van der Waals surface area contributed by atoms with E-state index in [4.69, 9.17) is 4.74 Å². The first-order chi connectivity index (χ1) is 16.9. The summed E-state index contributed by atoms with van der Waals surface area (Å²) in [6, 6.07) is 4.06.